The fraction of sp³-hybridized carbons (Fsp3) is 0.562. The summed E-state index contributed by atoms with van der Waals surface area (Å²) in [5, 5.41) is 13.1. The van der Waals surface area contributed by atoms with Gasteiger partial charge >= 0.3 is 5.97 Å². The Labute approximate surface area is 260 Å². The number of carbonyl (C=O) groups excluding carboxylic acids is 4. The molecule has 1 aromatic rings. The molecule has 4 aliphatic rings. The van der Waals surface area contributed by atoms with E-state index in [1.165, 1.54) is 4.90 Å². The Morgan fingerprint density at radius 1 is 1.09 bits per heavy atom. The van der Waals surface area contributed by atoms with Gasteiger partial charge in [0.15, 0.2) is 0 Å². The number of allylic oxidation sites excluding steroid dienone is 1. The minimum atomic E-state index is -1.41. The first-order valence-corrected chi connectivity index (χ1v) is 15.9. The summed E-state index contributed by atoms with van der Waals surface area (Å²) in [6.07, 6.45) is 6.21. The predicted octanol–water partition coefficient (Wildman–Crippen LogP) is 3.01. The molecule has 0 aromatic heterocycles. The summed E-state index contributed by atoms with van der Waals surface area (Å²) in [6, 6.07) is 7.20. The zero-order valence-electron chi connectivity index (χ0n) is 24.8. The second kappa shape index (κ2) is 12.9. The van der Waals surface area contributed by atoms with Crippen LogP contribution >= 0.6 is 15.9 Å². The van der Waals surface area contributed by atoms with Gasteiger partial charge in [0.05, 0.1) is 25.1 Å². The van der Waals surface area contributed by atoms with Gasteiger partial charge in [-0.3, -0.25) is 19.2 Å². The molecule has 8 atom stereocenters. The number of amides is 3. The number of nitrogens with zero attached hydrogens (tertiary/aromatic N) is 2. The van der Waals surface area contributed by atoms with Crippen LogP contribution in [0.15, 0.2) is 53.0 Å². The summed E-state index contributed by atoms with van der Waals surface area (Å²) in [6.45, 7) is 5.69. The van der Waals surface area contributed by atoms with Crippen molar-refractivity contribution >= 4 is 39.6 Å². The number of cyclic esters (lactones) is 1. The van der Waals surface area contributed by atoms with Gasteiger partial charge in [-0.05, 0) is 38.3 Å². The third-order valence-corrected chi connectivity index (χ3v) is 9.73. The van der Waals surface area contributed by atoms with E-state index in [0.29, 0.717) is 16.5 Å². The first-order valence-electron chi connectivity index (χ1n) is 15.1. The van der Waals surface area contributed by atoms with Crippen molar-refractivity contribution in [1.82, 2.24) is 15.1 Å². The van der Waals surface area contributed by atoms with Crippen LogP contribution in [-0.4, -0.2) is 88.1 Å². The molecule has 10 nitrogen and oxygen atoms in total. The van der Waals surface area contributed by atoms with Crippen molar-refractivity contribution in [1.29, 1.82) is 0 Å². The van der Waals surface area contributed by atoms with Gasteiger partial charge in [-0.15, -0.1) is 0 Å². The van der Waals surface area contributed by atoms with Crippen LogP contribution in [0.25, 0.3) is 0 Å². The van der Waals surface area contributed by atoms with Gasteiger partial charge < -0.3 is 29.7 Å². The highest BCUT2D eigenvalue weighted by atomic mass is 79.9. The molecule has 4 heterocycles. The van der Waals surface area contributed by atoms with Crippen molar-refractivity contribution in [3.8, 4) is 0 Å². The van der Waals surface area contributed by atoms with Crippen LogP contribution < -0.4 is 5.32 Å². The first-order chi connectivity index (χ1) is 20.6. The van der Waals surface area contributed by atoms with Crippen LogP contribution in [0.1, 0.15) is 58.1 Å². The Morgan fingerprint density at radius 3 is 2.53 bits per heavy atom. The maximum absolute atomic E-state index is 14.6. The van der Waals surface area contributed by atoms with E-state index in [4.69, 9.17) is 9.47 Å². The molecule has 1 unspecified atom stereocenters. The monoisotopic (exact) mass is 657 g/mol. The first kappa shape index (κ1) is 31.4. The van der Waals surface area contributed by atoms with Crippen molar-refractivity contribution in [2.75, 3.05) is 19.7 Å². The van der Waals surface area contributed by atoms with Gasteiger partial charge in [0.1, 0.15) is 29.8 Å². The maximum atomic E-state index is 14.6. The van der Waals surface area contributed by atoms with E-state index in [9.17, 15) is 24.3 Å². The van der Waals surface area contributed by atoms with Crippen LogP contribution in [0.3, 0.4) is 0 Å². The van der Waals surface area contributed by atoms with Crippen LogP contribution in [-0.2, 0) is 28.7 Å². The molecule has 1 aromatic carbocycles. The molecule has 0 saturated carbocycles. The Hall–Kier alpha value is -3.02. The van der Waals surface area contributed by atoms with E-state index in [1.54, 1.807) is 17.9 Å². The predicted molar refractivity (Wildman–Crippen MR) is 162 cm³/mol. The van der Waals surface area contributed by atoms with Crippen molar-refractivity contribution in [2.24, 2.45) is 11.8 Å². The highest BCUT2D eigenvalue weighted by Crippen LogP contribution is 2.59. The normalized spacial score (nSPS) is 33.5. The molecule has 2 saturated heterocycles. The fourth-order valence-corrected chi connectivity index (χ4v) is 7.65. The lowest BCUT2D eigenvalue weighted by molar-refractivity contribution is -0.160. The van der Waals surface area contributed by atoms with E-state index in [0.717, 1.165) is 12.8 Å². The average molecular weight is 659 g/mol. The number of benzene rings is 1. The van der Waals surface area contributed by atoms with Gasteiger partial charge in [0, 0.05) is 23.5 Å². The van der Waals surface area contributed by atoms with Crippen molar-refractivity contribution in [3.63, 3.8) is 0 Å². The zero-order valence-corrected chi connectivity index (χ0v) is 26.4. The lowest BCUT2D eigenvalue weighted by Gasteiger charge is -2.39. The Bertz CT molecular complexity index is 1300. The maximum Gasteiger partial charge on any atom is 0.313 e. The standard InChI is InChI=1S/C32H40BrN3O7/c1-4-11-19(2)35-15-10-6-9-14-24(38)34-17-23(21-12-7-5-8-13-21)42-31(41)25-26-29(39)36(20(3)18-37)28(30(35)40)32(26)16-22(33)27(25)43-32/h5-8,10,12-13,16,19-20,23,25-28,37H,4,9,11,14-15,17-18H2,1-3H3,(H,34,38)/b10-6-/t19?,20-,23+,25+,26-,27+,28+,32-/m1/s1. The van der Waals surface area contributed by atoms with E-state index < -0.39 is 53.6 Å². The molecule has 43 heavy (non-hydrogen) atoms. The van der Waals surface area contributed by atoms with E-state index >= 15 is 0 Å². The summed E-state index contributed by atoms with van der Waals surface area (Å²) >= 11 is 3.56. The molecular formula is C32H40BrN3O7. The number of aliphatic hydroxyl groups is 1. The molecule has 2 N–H and O–H groups in total. The largest absolute Gasteiger partial charge is 0.455 e. The van der Waals surface area contributed by atoms with Crippen LogP contribution in [0.2, 0.25) is 0 Å². The quantitative estimate of drug-likeness (QED) is 0.356. The number of aliphatic hydroxyl groups excluding tert-OH is 1. The fourth-order valence-electron chi connectivity index (χ4n) is 6.91. The molecule has 5 rings (SSSR count). The number of carbonyl (C=O) groups is 4. The van der Waals surface area contributed by atoms with E-state index in [1.807, 2.05) is 56.3 Å². The second-order valence-corrected chi connectivity index (χ2v) is 12.8. The highest BCUT2D eigenvalue weighted by Gasteiger charge is 2.75. The van der Waals surface area contributed by atoms with E-state index in [-0.39, 0.29) is 44.0 Å². The smallest absolute Gasteiger partial charge is 0.313 e. The van der Waals surface area contributed by atoms with Gasteiger partial charge in [-0.25, -0.2) is 0 Å². The van der Waals surface area contributed by atoms with Gasteiger partial charge in [0.2, 0.25) is 17.7 Å². The third kappa shape index (κ3) is 5.67. The molecular weight excluding hydrogens is 618 g/mol. The lowest BCUT2D eigenvalue weighted by atomic mass is 9.74. The number of hydrogen-bond acceptors (Lipinski definition) is 7. The molecule has 11 heteroatoms. The molecule has 3 amide bonds. The number of halogens is 1. The van der Waals surface area contributed by atoms with Crippen LogP contribution in [0.5, 0.6) is 0 Å². The highest BCUT2D eigenvalue weighted by molar-refractivity contribution is 9.11. The summed E-state index contributed by atoms with van der Waals surface area (Å²) < 4.78 is 13.2. The van der Waals surface area contributed by atoms with Crippen LogP contribution in [0, 0.1) is 11.8 Å². The van der Waals surface area contributed by atoms with Gasteiger partial charge in [-0.1, -0.05) is 71.8 Å². The van der Waals surface area contributed by atoms with Crippen molar-refractivity contribution in [2.45, 2.75) is 82.4 Å². The minimum Gasteiger partial charge on any atom is -0.455 e. The Morgan fingerprint density at radius 2 is 1.84 bits per heavy atom. The summed E-state index contributed by atoms with van der Waals surface area (Å²) in [4.78, 5) is 58.8. The number of ether oxygens (including phenoxy) is 2. The summed E-state index contributed by atoms with van der Waals surface area (Å²) in [7, 11) is 0. The SMILES string of the molecule is CCCC(C)N1C/C=C\CCC(=O)NC[C@@H](c2ccccc2)OC(=O)[C@@H]2[C@H]3O[C@@]4(C=C3Br)[C@H](C1=O)N([C@H](C)CO)C(=O)[C@@H]24. The number of rotatable bonds is 6. The number of nitrogens with one attached hydrogen (secondary N) is 1. The van der Waals surface area contributed by atoms with Crippen molar-refractivity contribution < 1.29 is 33.8 Å². The van der Waals surface area contributed by atoms with Gasteiger partial charge in [0.25, 0.3) is 0 Å². The molecule has 5 bridgehead atoms. The third-order valence-electron chi connectivity index (χ3n) is 9.05. The van der Waals surface area contributed by atoms with Crippen molar-refractivity contribution in [3.05, 3.63) is 58.6 Å². The Balaban J connectivity index is 1.60. The molecule has 0 radical (unpaired) electrons. The summed E-state index contributed by atoms with van der Waals surface area (Å²) in [5.74, 6) is -3.62. The minimum absolute atomic E-state index is 0.0639. The van der Waals surface area contributed by atoms with E-state index in [2.05, 4.69) is 21.2 Å². The molecule has 0 aliphatic carbocycles. The summed E-state index contributed by atoms with van der Waals surface area (Å²) in [5.41, 5.74) is -0.715. The number of esters is 1. The second-order valence-electron chi connectivity index (χ2n) is 11.9. The van der Waals surface area contributed by atoms with Crippen LogP contribution in [0.4, 0.5) is 0 Å². The number of likely N-dealkylation sites (tertiary alicyclic amines) is 1. The zero-order chi connectivity index (χ0) is 30.9. The lowest BCUT2D eigenvalue weighted by Crippen LogP contribution is -2.59. The topological polar surface area (TPSA) is 125 Å². The molecule has 1 spiro atoms. The molecule has 4 aliphatic heterocycles. The van der Waals surface area contributed by atoms with Gasteiger partial charge in [-0.2, -0.15) is 0 Å². The number of hydrogen-bond donors (Lipinski definition) is 2. The number of fused-ring (bicyclic) bond motifs is 2. The molecule has 2 fully saturated rings. The molecule has 232 valence electrons. The Kier molecular flexibility index (Phi) is 9.43. The average Bonchev–Trinajstić information content (AvgIpc) is 3.59.